The van der Waals surface area contributed by atoms with Crippen LogP contribution in [0.2, 0.25) is 0 Å². The number of imide groups is 1. The standard InChI is InChI=1S/C21H22N4O5/c1-13(24-19(27)15-8-4-5-9-16(15)20(24)28)21(29)30-12-18(26)23-17-10-11-22-25(17)14-6-2-3-7-14/h4-5,8-11,13-14H,2-3,6-7,12H2,1H3,(H,23,26)/t13-/m0/s1. The molecule has 9 heteroatoms. The second-order valence-electron chi connectivity index (χ2n) is 7.46. The van der Waals surface area contributed by atoms with Crippen LogP contribution in [-0.4, -0.2) is 51.0 Å². The Bertz CT molecular complexity index is 973. The zero-order valence-corrected chi connectivity index (χ0v) is 16.5. The highest BCUT2D eigenvalue weighted by Crippen LogP contribution is 2.31. The van der Waals surface area contributed by atoms with Gasteiger partial charge in [0, 0.05) is 6.07 Å². The summed E-state index contributed by atoms with van der Waals surface area (Å²) in [6.07, 6.45) is 5.90. The van der Waals surface area contributed by atoms with E-state index < -0.39 is 36.3 Å². The molecule has 1 aromatic carbocycles. The van der Waals surface area contributed by atoms with Gasteiger partial charge in [-0.05, 0) is 31.9 Å². The predicted octanol–water partition coefficient (Wildman–Crippen LogP) is 2.16. The van der Waals surface area contributed by atoms with Crippen molar-refractivity contribution in [1.29, 1.82) is 0 Å². The lowest BCUT2D eigenvalue weighted by Crippen LogP contribution is -2.44. The number of amides is 3. The molecule has 1 fully saturated rings. The quantitative estimate of drug-likeness (QED) is 0.577. The Morgan fingerprint density at radius 2 is 1.77 bits per heavy atom. The second-order valence-corrected chi connectivity index (χ2v) is 7.46. The third-order valence-electron chi connectivity index (χ3n) is 5.51. The summed E-state index contributed by atoms with van der Waals surface area (Å²) in [7, 11) is 0. The maximum Gasteiger partial charge on any atom is 0.329 e. The zero-order chi connectivity index (χ0) is 21.3. The van der Waals surface area contributed by atoms with Crippen molar-refractivity contribution in [2.75, 3.05) is 11.9 Å². The first-order valence-corrected chi connectivity index (χ1v) is 9.94. The van der Waals surface area contributed by atoms with Crippen LogP contribution in [0.25, 0.3) is 0 Å². The van der Waals surface area contributed by atoms with Gasteiger partial charge in [0.15, 0.2) is 6.61 Å². The number of esters is 1. The average Bonchev–Trinajstić information content (AvgIpc) is 3.47. The Hall–Kier alpha value is -3.49. The molecule has 1 aliphatic carbocycles. The van der Waals surface area contributed by atoms with Crippen LogP contribution >= 0.6 is 0 Å². The molecule has 0 radical (unpaired) electrons. The Kier molecular flexibility index (Phi) is 5.35. The fourth-order valence-corrected chi connectivity index (χ4v) is 3.95. The molecule has 156 valence electrons. The first-order valence-electron chi connectivity index (χ1n) is 9.94. The van der Waals surface area contributed by atoms with Crippen molar-refractivity contribution in [2.45, 2.75) is 44.7 Å². The third kappa shape index (κ3) is 3.58. The Balaban J connectivity index is 1.34. The van der Waals surface area contributed by atoms with Crippen molar-refractivity contribution in [1.82, 2.24) is 14.7 Å². The molecular formula is C21H22N4O5. The fraction of sp³-hybridized carbons (Fsp3) is 0.381. The molecule has 4 rings (SSSR count). The molecule has 0 bridgehead atoms. The van der Waals surface area contributed by atoms with E-state index in [1.54, 1.807) is 29.1 Å². The van der Waals surface area contributed by atoms with Gasteiger partial charge in [0.25, 0.3) is 17.7 Å². The van der Waals surface area contributed by atoms with E-state index in [2.05, 4.69) is 10.4 Å². The molecule has 1 atom stereocenters. The number of carbonyl (C=O) groups is 4. The van der Waals surface area contributed by atoms with E-state index in [0.29, 0.717) is 5.82 Å². The van der Waals surface area contributed by atoms with Crippen LogP contribution in [0.4, 0.5) is 5.82 Å². The number of hydrogen-bond donors (Lipinski definition) is 1. The van der Waals surface area contributed by atoms with Gasteiger partial charge in [-0.3, -0.25) is 19.3 Å². The van der Waals surface area contributed by atoms with Crippen LogP contribution in [0.3, 0.4) is 0 Å². The molecule has 2 heterocycles. The minimum Gasteiger partial charge on any atom is -0.454 e. The normalized spacial score (nSPS) is 17.2. The summed E-state index contributed by atoms with van der Waals surface area (Å²) in [5.74, 6) is -1.90. The summed E-state index contributed by atoms with van der Waals surface area (Å²) in [5.41, 5.74) is 0.500. The van der Waals surface area contributed by atoms with Gasteiger partial charge in [-0.15, -0.1) is 0 Å². The van der Waals surface area contributed by atoms with Crippen LogP contribution < -0.4 is 5.32 Å². The minimum absolute atomic E-state index is 0.250. The molecule has 3 amide bonds. The van der Waals surface area contributed by atoms with Crippen LogP contribution in [-0.2, 0) is 14.3 Å². The lowest BCUT2D eigenvalue weighted by atomic mass is 10.1. The van der Waals surface area contributed by atoms with Crippen LogP contribution in [0, 0.1) is 0 Å². The molecule has 0 unspecified atom stereocenters. The zero-order valence-electron chi connectivity index (χ0n) is 16.5. The number of fused-ring (bicyclic) bond motifs is 1. The van der Waals surface area contributed by atoms with E-state index in [1.165, 1.54) is 19.1 Å². The van der Waals surface area contributed by atoms with Gasteiger partial charge in [-0.1, -0.05) is 25.0 Å². The van der Waals surface area contributed by atoms with Gasteiger partial charge in [0.05, 0.1) is 23.4 Å². The van der Waals surface area contributed by atoms with E-state index >= 15 is 0 Å². The Morgan fingerprint density at radius 1 is 1.13 bits per heavy atom. The summed E-state index contributed by atoms with van der Waals surface area (Å²) in [6, 6.07) is 7.18. The van der Waals surface area contributed by atoms with E-state index in [4.69, 9.17) is 4.74 Å². The van der Waals surface area contributed by atoms with Crippen molar-refractivity contribution >= 4 is 29.5 Å². The molecule has 1 aliphatic heterocycles. The smallest absolute Gasteiger partial charge is 0.329 e. The number of nitrogens with one attached hydrogen (secondary N) is 1. The molecule has 2 aromatic rings. The summed E-state index contributed by atoms with van der Waals surface area (Å²) >= 11 is 0. The third-order valence-corrected chi connectivity index (χ3v) is 5.51. The molecule has 2 aliphatic rings. The SMILES string of the molecule is C[C@@H](C(=O)OCC(=O)Nc1ccnn1C1CCCC1)N1C(=O)c2ccccc2C1=O. The maximum atomic E-state index is 12.5. The van der Waals surface area contributed by atoms with Crippen LogP contribution in [0.5, 0.6) is 0 Å². The minimum atomic E-state index is -1.14. The number of rotatable bonds is 6. The summed E-state index contributed by atoms with van der Waals surface area (Å²) in [4.78, 5) is 50.5. The molecule has 9 nitrogen and oxygen atoms in total. The van der Waals surface area contributed by atoms with Crippen molar-refractivity contribution in [3.8, 4) is 0 Å². The largest absolute Gasteiger partial charge is 0.454 e. The Morgan fingerprint density at radius 3 is 2.40 bits per heavy atom. The fourth-order valence-electron chi connectivity index (χ4n) is 3.95. The number of ether oxygens (including phenoxy) is 1. The van der Waals surface area contributed by atoms with Crippen molar-refractivity contribution in [3.05, 3.63) is 47.7 Å². The van der Waals surface area contributed by atoms with E-state index in [1.807, 2.05) is 0 Å². The van der Waals surface area contributed by atoms with Crippen molar-refractivity contribution < 1.29 is 23.9 Å². The summed E-state index contributed by atoms with van der Waals surface area (Å²) < 4.78 is 6.85. The number of nitrogens with zero attached hydrogens (tertiary/aromatic N) is 3. The highest BCUT2D eigenvalue weighted by molar-refractivity contribution is 6.22. The van der Waals surface area contributed by atoms with Gasteiger partial charge >= 0.3 is 5.97 Å². The molecule has 1 N–H and O–H groups in total. The highest BCUT2D eigenvalue weighted by atomic mass is 16.5. The lowest BCUT2D eigenvalue weighted by Gasteiger charge is -2.21. The molecule has 1 aromatic heterocycles. The van der Waals surface area contributed by atoms with Crippen molar-refractivity contribution in [3.63, 3.8) is 0 Å². The van der Waals surface area contributed by atoms with E-state index in [9.17, 15) is 19.2 Å². The highest BCUT2D eigenvalue weighted by Gasteiger charge is 2.41. The van der Waals surface area contributed by atoms with Gasteiger partial charge in [-0.25, -0.2) is 9.48 Å². The topological polar surface area (TPSA) is 111 Å². The summed E-state index contributed by atoms with van der Waals surface area (Å²) in [6.45, 7) is 0.874. The Labute approximate surface area is 173 Å². The number of carbonyl (C=O) groups excluding carboxylic acids is 4. The van der Waals surface area contributed by atoms with Crippen LogP contribution in [0.1, 0.15) is 59.4 Å². The molecule has 0 spiro atoms. The number of benzene rings is 1. The monoisotopic (exact) mass is 410 g/mol. The number of aromatic nitrogens is 2. The first kappa shape index (κ1) is 19.8. The average molecular weight is 410 g/mol. The first-order chi connectivity index (χ1) is 14.5. The molecule has 1 saturated carbocycles. The molecule has 30 heavy (non-hydrogen) atoms. The van der Waals surface area contributed by atoms with E-state index in [-0.39, 0.29) is 17.2 Å². The van der Waals surface area contributed by atoms with Gasteiger partial charge in [-0.2, -0.15) is 5.10 Å². The second kappa shape index (κ2) is 8.10. The molecule has 0 saturated heterocycles. The number of anilines is 1. The van der Waals surface area contributed by atoms with Crippen molar-refractivity contribution in [2.24, 2.45) is 0 Å². The summed E-state index contributed by atoms with van der Waals surface area (Å²) in [5, 5.41) is 6.98. The van der Waals surface area contributed by atoms with Gasteiger partial charge < -0.3 is 10.1 Å². The van der Waals surface area contributed by atoms with Crippen LogP contribution in [0.15, 0.2) is 36.5 Å². The number of hydrogen-bond acceptors (Lipinski definition) is 6. The van der Waals surface area contributed by atoms with Gasteiger partial charge in [0.1, 0.15) is 11.9 Å². The molecular weight excluding hydrogens is 388 g/mol. The lowest BCUT2D eigenvalue weighted by molar-refractivity contribution is -0.150. The van der Waals surface area contributed by atoms with Gasteiger partial charge in [0.2, 0.25) is 0 Å². The predicted molar refractivity (Wildman–Crippen MR) is 106 cm³/mol. The van der Waals surface area contributed by atoms with E-state index in [0.717, 1.165) is 30.6 Å². The maximum absolute atomic E-state index is 12.5.